The first-order chi connectivity index (χ1) is 8.81. The summed E-state index contributed by atoms with van der Waals surface area (Å²) in [6.07, 6.45) is 2.00. The number of carboxylic acid groups (broad SMARTS) is 1. The van der Waals surface area contributed by atoms with Gasteiger partial charge in [0.25, 0.3) is 0 Å². The van der Waals surface area contributed by atoms with Gasteiger partial charge in [-0.15, -0.1) is 0 Å². The average molecular weight is 271 g/mol. The summed E-state index contributed by atoms with van der Waals surface area (Å²) in [5.74, 6) is -1.43. The van der Waals surface area contributed by atoms with E-state index in [0.717, 1.165) is 12.8 Å². The van der Waals surface area contributed by atoms with Crippen molar-refractivity contribution in [1.29, 1.82) is 0 Å². The second-order valence-corrected chi connectivity index (χ2v) is 5.02. The molecule has 0 aromatic heterocycles. The lowest BCUT2D eigenvalue weighted by Gasteiger charge is -2.24. The van der Waals surface area contributed by atoms with Crippen LogP contribution in [0.25, 0.3) is 0 Å². The Kier molecular flexibility index (Phi) is 5.29. The van der Waals surface area contributed by atoms with Crippen LogP contribution < -0.4 is 5.32 Å². The van der Waals surface area contributed by atoms with Gasteiger partial charge in [-0.2, -0.15) is 0 Å². The minimum atomic E-state index is -0.982. The predicted molar refractivity (Wildman–Crippen MR) is 68.5 cm³/mol. The van der Waals surface area contributed by atoms with Gasteiger partial charge in [-0.05, 0) is 26.8 Å². The number of aliphatic carboxylic acids is 1. The van der Waals surface area contributed by atoms with Crippen molar-refractivity contribution in [3.63, 3.8) is 0 Å². The summed E-state index contributed by atoms with van der Waals surface area (Å²) < 4.78 is 0. The molecule has 0 aromatic carbocycles. The summed E-state index contributed by atoms with van der Waals surface area (Å²) in [6, 6.07) is -0.469. The van der Waals surface area contributed by atoms with Crippen molar-refractivity contribution in [1.82, 2.24) is 15.1 Å². The van der Waals surface area contributed by atoms with E-state index in [2.05, 4.69) is 5.32 Å². The first-order valence-electron chi connectivity index (χ1n) is 6.27. The van der Waals surface area contributed by atoms with Crippen LogP contribution in [0.15, 0.2) is 0 Å². The van der Waals surface area contributed by atoms with Crippen molar-refractivity contribution in [3.05, 3.63) is 0 Å². The highest BCUT2D eigenvalue weighted by molar-refractivity contribution is 5.86. The molecular weight excluding hydrogens is 250 g/mol. The number of nitrogens with one attached hydrogen (secondary N) is 1. The zero-order valence-corrected chi connectivity index (χ0v) is 11.5. The highest BCUT2D eigenvalue weighted by Crippen LogP contribution is 2.18. The fraction of sp³-hybridized carbons (Fsp3) is 0.750. The van der Waals surface area contributed by atoms with E-state index >= 15 is 0 Å². The van der Waals surface area contributed by atoms with E-state index in [1.165, 1.54) is 23.8 Å². The molecule has 108 valence electrons. The summed E-state index contributed by atoms with van der Waals surface area (Å²) in [4.78, 5) is 36.9. The van der Waals surface area contributed by atoms with E-state index in [1.54, 1.807) is 7.05 Å². The Bertz CT molecular complexity index is 368. The second kappa shape index (κ2) is 6.51. The van der Waals surface area contributed by atoms with Crippen molar-refractivity contribution in [2.24, 2.45) is 0 Å². The molecule has 1 rings (SSSR count). The molecule has 0 spiro atoms. The Hall–Kier alpha value is -1.63. The number of hydrogen-bond donors (Lipinski definition) is 2. The normalized spacial score (nSPS) is 16.0. The van der Waals surface area contributed by atoms with Gasteiger partial charge in [-0.3, -0.25) is 19.3 Å². The number of carbonyl (C=O) groups is 3. The number of carbonyl (C=O) groups excluding carboxylic acids is 2. The number of nitrogens with zero attached hydrogens (tertiary/aromatic N) is 2. The fourth-order valence-corrected chi connectivity index (χ4v) is 1.46. The summed E-state index contributed by atoms with van der Waals surface area (Å²) in [7, 11) is 3.10. The van der Waals surface area contributed by atoms with Crippen LogP contribution in [0.4, 0.5) is 0 Å². The van der Waals surface area contributed by atoms with Gasteiger partial charge in [-0.25, -0.2) is 0 Å². The van der Waals surface area contributed by atoms with Crippen LogP contribution in [-0.2, 0) is 14.4 Å². The lowest BCUT2D eigenvalue weighted by Crippen LogP contribution is -2.46. The van der Waals surface area contributed by atoms with E-state index in [1.807, 2.05) is 0 Å². The highest BCUT2D eigenvalue weighted by Gasteiger charge is 2.25. The molecule has 0 bridgehead atoms. The topological polar surface area (TPSA) is 90.0 Å². The van der Waals surface area contributed by atoms with Crippen molar-refractivity contribution in [2.45, 2.75) is 31.8 Å². The van der Waals surface area contributed by atoms with E-state index in [0.29, 0.717) is 0 Å². The molecule has 1 aliphatic carbocycles. The van der Waals surface area contributed by atoms with Gasteiger partial charge in [-0.1, -0.05) is 0 Å². The van der Waals surface area contributed by atoms with Crippen LogP contribution in [0.5, 0.6) is 0 Å². The summed E-state index contributed by atoms with van der Waals surface area (Å²) >= 11 is 0. The zero-order valence-electron chi connectivity index (χ0n) is 11.5. The molecule has 1 saturated carbocycles. The molecular formula is C12H21N3O4. The molecule has 0 aromatic rings. The number of carboxylic acids is 1. The van der Waals surface area contributed by atoms with E-state index < -0.39 is 12.0 Å². The molecule has 1 fully saturated rings. The number of likely N-dealkylation sites (N-methyl/N-ethyl adjacent to an activating group) is 2. The number of rotatable bonds is 7. The Morgan fingerprint density at radius 1 is 1.26 bits per heavy atom. The van der Waals surface area contributed by atoms with Crippen molar-refractivity contribution in [3.8, 4) is 0 Å². The van der Waals surface area contributed by atoms with Gasteiger partial charge in [0, 0.05) is 13.1 Å². The van der Waals surface area contributed by atoms with Crippen molar-refractivity contribution in [2.75, 3.05) is 27.2 Å². The maximum Gasteiger partial charge on any atom is 0.320 e. The molecule has 2 amide bonds. The molecule has 19 heavy (non-hydrogen) atoms. The molecule has 7 nitrogen and oxygen atoms in total. The quantitative estimate of drug-likeness (QED) is 0.628. The lowest BCUT2D eigenvalue weighted by molar-refractivity contribution is -0.144. The predicted octanol–water partition coefficient (Wildman–Crippen LogP) is -0.872. The Balaban J connectivity index is 2.34. The van der Waals surface area contributed by atoms with E-state index in [-0.39, 0.29) is 30.9 Å². The molecule has 1 aliphatic rings. The minimum absolute atomic E-state index is 0.00459. The van der Waals surface area contributed by atoms with E-state index in [4.69, 9.17) is 5.11 Å². The number of hydrogen-bond acceptors (Lipinski definition) is 4. The Morgan fingerprint density at radius 3 is 2.32 bits per heavy atom. The van der Waals surface area contributed by atoms with Crippen LogP contribution in [0, 0.1) is 0 Å². The van der Waals surface area contributed by atoms with Crippen molar-refractivity contribution >= 4 is 17.8 Å². The van der Waals surface area contributed by atoms with Gasteiger partial charge in [0.05, 0.1) is 13.1 Å². The van der Waals surface area contributed by atoms with Crippen LogP contribution >= 0.6 is 0 Å². The molecule has 0 aliphatic heterocycles. The maximum atomic E-state index is 11.8. The summed E-state index contributed by atoms with van der Waals surface area (Å²) in [5.41, 5.74) is 0. The molecule has 2 N–H and O–H groups in total. The fourth-order valence-electron chi connectivity index (χ4n) is 1.46. The SMILES string of the molecule is CC(C(=O)O)N(C)CC(=O)N(C)CC(=O)NC1CC1. The number of amides is 2. The van der Waals surface area contributed by atoms with Crippen LogP contribution in [0.1, 0.15) is 19.8 Å². The van der Waals surface area contributed by atoms with Crippen LogP contribution in [-0.4, -0.2) is 72.0 Å². The molecule has 0 saturated heterocycles. The molecule has 1 unspecified atom stereocenters. The first-order valence-corrected chi connectivity index (χ1v) is 6.27. The van der Waals surface area contributed by atoms with Crippen molar-refractivity contribution < 1.29 is 19.5 Å². The maximum absolute atomic E-state index is 11.8. The first kappa shape index (κ1) is 15.4. The monoisotopic (exact) mass is 271 g/mol. The van der Waals surface area contributed by atoms with Crippen LogP contribution in [0.2, 0.25) is 0 Å². The van der Waals surface area contributed by atoms with Crippen LogP contribution in [0.3, 0.4) is 0 Å². The molecule has 1 atom stereocenters. The largest absolute Gasteiger partial charge is 0.480 e. The van der Waals surface area contributed by atoms with Gasteiger partial charge < -0.3 is 15.3 Å². The lowest BCUT2D eigenvalue weighted by atomic mass is 10.3. The summed E-state index contributed by atoms with van der Waals surface area (Å²) in [5, 5.41) is 11.6. The second-order valence-electron chi connectivity index (χ2n) is 5.02. The van der Waals surface area contributed by atoms with Gasteiger partial charge in [0.15, 0.2) is 0 Å². The van der Waals surface area contributed by atoms with E-state index in [9.17, 15) is 14.4 Å². The Morgan fingerprint density at radius 2 is 1.84 bits per heavy atom. The average Bonchev–Trinajstić information content (AvgIpc) is 3.10. The third-order valence-electron chi connectivity index (χ3n) is 3.15. The molecule has 7 heteroatoms. The summed E-state index contributed by atoms with van der Waals surface area (Å²) in [6.45, 7) is 1.49. The standard InChI is InChI=1S/C12H21N3O4/c1-8(12(18)19)14(2)7-11(17)15(3)6-10(16)13-9-4-5-9/h8-9H,4-7H2,1-3H3,(H,13,16)(H,18,19). The zero-order chi connectivity index (χ0) is 14.6. The highest BCUT2D eigenvalue weighted by atomic mass is 16.4. The molecule has 0 radical (unpaired) electrons. The smallest absolute Gasteiger partial charge is 0.320 e. The van der Waals surface area contributed by atoms with Gasteiger partial charge in [0.2, 0.25) is 11.8 Å². The third-order valence-corrected chi connectivity index (χ3v) is 3.15. The Labute approximate surface area is 112 Å². The third kappa shape index (κ3) is 5.25. The molecule has 0 heterocycles. The minimum Gasteiger partial charge on any atom is -0.480 e. The van der Waals surface area contributed by atoms with Gasteiger partial charge in [0.1, 0.15) is 6.04 Å². The van der Waals surface area contributed by atoms with Gasteiger partial charge >= 0.3 is 5.97 Å².